The first kappa shape index (κ1) is 46.2. The van der Waals surface area contributed by atoms with Crippen molar-refractivity contribution < 1.29 is 25.8 Å². The first-order valence-electron chi connectivity index (χ1n) is 23.9. The Bertz CT molecular complexity index is 3690. The second kappa shape index (κ2) is 18.2. The van der Waals surface area contributed by atoms with Crippen molar-refractivity contribution in [3.63, 3.8) is 0 Å². The summed E-state index contributed by atoms with van der Waals surface area (Å²) in [6.45, 7) is 15.8. The number of pyridine rings is 1. The van der Waals surface area contributed by atoms with Crippen LogP contribution in [-0.4, -0.2) is 9.55 Å². The number of ether oxygens (including phenoxy) is 1. The molecule has 11 aromatic rings. The van der Waals surface area contributed by atoms with Crippen molar-refractivity contribution in [2.45, 2.75) is 52.4 Å². The molecule has 0 atom stereocenters. The van der Waals surface area contributed by atoms with Gasteiger partial charge in [-0.3, -0.25) is 0 Å². The molecule has 0 spiro atoms. The molecule has 0 N–H and O–H groups in total. The molecule has 352 valence electrons. The molecule has 1 aliphatic rings. The molecular formula is C64H51N4OPtS-3. The summed E-state index contributed by atoms with van der Waals surface area (Å²) in [5.41, 5.74) is 15.2. The topological polar surface area (TPSA) is 33.5 Å². The number of thiophene rings is 1. The van der Waals surface area contributed by atoms with Gasteiger partial charge in [-0.15, -0.1) is 59.6 Å². The fourth-order valence-corrected chi connectivity index (χ4v) is 11.0. The Hall–Kier alpha value is -7.24. The Morgan fingerprint density at radius 2 is 1.11 bits per heavy atom. The number of nitrogens with zero attached hydrogens (tertiary/aromatic N) is 4. The number of fused-ring (bicyclic) bond motifs is 6. The van der Waals surface area contributed by atoms with E-state index in [-0.39, 0.29) is 31.9 Å². The van der Waals surface area contributed by atoms with Crippen LogP contribution in [0.1, 0.15) is 52.7 Å². The van der Waals surface area contributed by atoms with Gasteiger partial charge in [0.2, 0.25) is 0 Å². The van der Waals surface area contributed by atoms with Gasteiger partial charge >= 0.3 is 0 Å². The average molecular weight is 1120 g/mol. The summed E-state index contributed by atoms with van der Waals surface area (Å²) < 4.78 is 11.7. The quantitative estimate of drug-likeness (QED) is 0.142. The molecule has 3 aromatic heterocycles. The molecule has 0 bridgehead atoms. The summed E-state index contributed by atoms with van der Waals surface area (Å²) in [5, 5.41) is 2.30. The van der Waals surface area contributed by atoms with Crippen molar-refractivity contribution >= 4 is 65.3 Å². The molecular weight excluding hydrogens is 1070 g/mol. The Morgan fingerprint density at radius 1 is 0.521 bits per heavy atom. The minimum absolute atomic E-state index is 0. The van der Waals surface area contributed by atoms with E-state index in [1.807, 2.05) is 12.3 Å². The van der Waals surface area contributed by atoms with E-state index in [4.69, 9.17) is 9.72 Å². The maximum Gasteiger partial charge on any atom is 0.135 e. The number of aromatic nitrogens is 2. The Morgan fingerprint density at radius 3 is 1.76 bits per heavy atom. The van der Waals surface area contributed by atoms with Crippen LogP contribution in [0.2, 0.25) is 0 Å². The third-order valence-corrected chi connectivity index (χ3v) is 14.6. The van der Waals surface area contributed by atoms with E-state index in [1.54, 1.807) is 11.3 Å². The van der Waals surface area contributed by atoms with Crippen LogP contribution in [0.25, 0.3) is 70.4 Å². The Labute approximate surface area is 434 Å². The van der Waals surface area contributed by atoms with E-state index in [9.17, 15) is 0 Å². The minimum Gasteiger partial charge on any atom is -0.509 e. The number of anilines is 4. The summed E-state index contributed by atoms with van der Waals surface area (Å²) in [7, 11) is 0. The maximum absolute atomic E-state index is 6.98. The van der Waals surface area contributed by atoms with Gasteiger partial charge < -0.3 is 19.1 Å². The minimum atomic E-state index is -0.0861. The summed E-state index contributed by atoms with van der Waals surface area (Å²) >= 11 is 1.81. The third kappa shape index (κ3) is 8.43. The zero-order valence-electron chi connectivity index (χ0n) is 40.5. The number of hydrogen-bond acceptors (Lipinski definition) is 5. The largest absolute Gasteiger partial charge is 0.509 e. The summed E-state index contributed by atoms with van der Waals surface area (Å²) in [6.07, 6.45) is 1.93. The molecule has 71 heavy (non-hydrogen) atoms. The van der Waals surface area contributed by atoms with Gasteiger partial charge in [0.1, 0.15) is 5.82 Å². The van der Waals surface area contributed by atoms with Crippen LogP contribution in [0.15, 0.2) is 194 Å². The maximum atomic E-state index is 6.98. The van der Waals surface area contributed by atoms with Crippen molar-refractivity contribution in [2.24, 2.45) is 0 Å². The van der Waals surface area contributed by atoms with E-state index in [0.29, 0.717) is 11.5 Å². The third-order valence-electron chi connectivity index (χ3n) is 13.4. The van der Waals surface area contributed by atoms with Crippen LogP contribution < -0.4 is 14.5 Å². The van der Waals surface area contributed by atoms with Gasteiger partial charge in [-0.2, -0.15) is 6.07 Å². The van der Waals surface area contributed by atoms with E-state index >= 15 is 0 Å². The summed E-state index contributed by atoms with van der Waals surface area (Å²) in [4.78, 5) is 9.61. The molecule has 0 amide bonds. The number of hydrogen-bond donors (Lipinski definition) is 0. The van der Waals surface area contributed by atoms with Crippen molar-refractivity contribution in [3.05, 3.63) is 224 Å². The number of rotatable bonds is 8. The molecule has 7 heteroatoms. The van der Waals surface area contributed by atoms with E-state index < -0.39 is 0 Å². The molecule has 0 fully saturated rings. The number of benzene rings is 8. The first-order valence-corrected chi connectivity index (χ1v) is 24.8. The molecule has 0 aliphatic carbocycles. The van der Waals surface area contributed by atoms with Crippen molar-refractivity contribution in [2.75, 3.05) is 9.80 Å². The van der Waals surface area contributed by atoms with Crippen molar-refractivity contribution in [3.8, 4) is 50.7 Å². The smallest absolute Gasteiger partial charge is 0.135 e. The first-order chi connectivity index (χ1) is 34.0. The molecule has 0 radical (unpaired) electrons. The van der Waals surface area contributed by atoms with Crippen molar-refractivity contribution in [1.82, 2.24) is 9.55 Å². The normalized spacial score (nSPS) is 12.7. The van der Waals surface area contributed by atoms with Crippen LogP contribution in [0.3, 0.4) is 0 Å². The molecule has 5 nitrogen and oxygen atoms in total. The van der Waals surface area contributed by atoms with Crippen LogP contribution in [0.5, 0.6) is 11.5 Å². The second-order valence-corrected chi connectivity index (χ2v) is 21.2. The molecule has 0 saturated heterocycles. The average Bonchev–Trinajstić information content (AvgIpc) is 4.05. The fraction of sp³-hybridized carbons (Fsp3) is 0.125. The van der Waals surface area contributed by atoms with E-state index in [0.717, 1.165) is 78.4 Å². The number of para-hydroxylation sites is 2. The molecule has 1 aliphatic heterocycles. The predicted octanol–water partition coefficient (Wildman–Crippen LogP) is 17.8. The summed E-state index contributed by atoms with van der Waals surface area (Å²) in [6, 6.07) is 74.5. The van der Waals surface area contributed by atoms with E-state index in [2.05, 4.69) is 257 Å². The van der Waals surface area contributed by atoms with Crippen molar-refractivity contribution in [1.29, 1.82) is 0 Å². The predicted molar refractivity (Wildman–Crippen MR) is 293 cm³/mol. The van der Waals surface area contributed by atoms with Crippen LogP contribution in [0.4, 0.5) is 22.7 Å². The molecule has 4 heterocycles. The van der Waals surface area contributed by atoms with Gasteiger partial charge in [0.05, 0.1) is 5.52 Å². The standard InChI is InChI=1S/C64H51N4OS.Pt/c1-63(2,3)46-32-33-65-59(38-46)68-57-40-49(30-31-51(57)62-61(68)52-26-16-19-29-58(52)70-62)69-50-35-45(42-20-10-7-11-21-42)34-48(39-50)66-41-67(56-28-18-17-27-55(56)66)60-53(43-22-12-8-13-23-43)36-47(64(4,5)6)37-54(60)44-24-14-9-15-25-44;/h7-38,41H,1-6H3;/q-3;. The second-order valence-electron chi connectivity index (χ2n) is 20.2. The fourth-order valence-electron chi connectivity index (χ4n) is 9.78. The molecule has 0 unspecified atom stereocenters. The van der Waals surface area contributed by atoms with Gasteiger partial charge in [-0.05, 0) is 81.1 Å². The van der Waals surface area contributed by atoms with Gasteiger partial charge in [0, 0.05) is 81.7 Å². The molecule has 8 aromatic carbocycles. The molecule has 12 rings (SSSR count). The SMILES string of the molecule is CC(C)(C)c1ccnc(-n2c3[c-]c(Oc4[c-]c(N5[CH-]N(c6c(-c7ccccc7)cc(C(C)(C)C)cc6-c6ccccc6)c6ccccc65)cc(-c5ccccc5)c4)ccc3c3sc4ccccc4c32)c1.[Pt]. The Kier molecular flexibility index (Phi) is 11.8. The van der Waals surface area contributed by atoms with Crippen LogP contribution in [0, 0.1) is 18.8 Å². The van der Waals surface area contributed by atoms with Gasteiger partial charge in [0.15, 0.2) is 0 Å². The monoisotopic (exact) mass is 1120 g/mol. The van der Waals surface area contributed by atoms with Gasteiger partial charge in [-0.25, -0.2) is 4.98 Å². The van der Waals surface area contributed by atoms with Gasteiger partial charge in [-0.1, -0.05) is 174 Å². The van der Waals surface area contributed by atoms with Gasteiger partial charge in [0.25, 0.3) is 0 Å². The van der Waals surface area contributed by atoms with Crippen LogP contribution in [-0.2, 0) is 31.9 Å². The Balaban J connectivity index is 0.00000547. The van der Waals surface area contributed by atoms with E-state index in [1.165, 1.54) is 25.9 Å². The van der Waals surface area contributed by atoms with Crippen LogP contribution >= 0.6 is 11.3 Å². The molecule has 0 saturated carbocycles. The summed E-state index contributed by atoms with van der Waals surface area (Å²) in [5.74, 6) is 2.03. The zero-order chi connectivity index (χ0) is 47.7. The zero-order valence-corrected chi connectivity index (χ0v) is 43.6.